The standard InChI is InChI=1S/C23H22F3NO/c24-23(25,26)17-28-21-11-6-7-18(15-21)16-27-14-13-20-10-4-5-12-22(20)19-8-2-1-3-9-19/h1-12,15,27H,13-14,16-17H2. The van der Waals surface area contributed by atoms with Crippen LogP contribution in [0.2, 0.25) is 0 Å². The highest BCUT2D eigenvalue weighted by molar-refractivity contribution is 5.67. The lowest BCUT2D eigenvalue weighted by atomic mass is 9.98. The molecule has 2 nitrogen and oxygen atoms in total. The summed E-state index contributed by atoms with van der Waals surface area (Å²) in [5.74, 6) is 0.228. The van der Waals surface area contributed by atoms with E-state index in [9.17, 15) is 13.2 Å². The second-order valence-electron chi connectivity index (χ2n) is 6.50. The Hall–Kier alpha value is -2.79. The zero-order chi connectivity index (χ0) is 19.8. The summed E-state index contributed by atoms with van der Waals surface area (Å²) in [4.78, 5) is 0. The normalized spacial score (nSPS) is 11.4. The molecule has 0 fully saturated rings. The second kappa shape index (κ2) is 9.42. The number of hydrogen-bond donors (Lipinski definition) is 1. The lowest BCUT2D eigenvalue weighted by molar-refractivity contribution is -0.153. The van der Waals surface area contributed by atoms with Crippen molar-refractivity contribution in [1.29, 1.82) is 0 Å². The zero-order valence-electron chi connectivity index (χ0n) is 15.4. The fraction of sp³-hybridized carbons (Fsp3) is 0.217. The van der Waals surface area contributed by atoms with E-state index in [1.807, 2.05) is 36.4 Å². The molecule has 0 radical (unpaired) electrons. The molecule has 146 valence electrons. The van der Waals surface area contributed by atoms with Crippen LogP contribution in [0, 0.1) is 0 Å². The van der Waals surface area contributed by atoms with Crippen molar-refractivity contribution >= 4 is 0 Å². The molecule has 0 bridgehead atoms. The van der Waals surface area contributed by atoms with Crippen molar-refractivity contribution in [3.05, 3.63) is 90.0 Å². The third-order valence-electron chi connectivity index (χ3n) is 4.30. The first-order chi connectivity index (χ1) is 13.5. The number of nitrogens with one attached hydrogen (secondary N) is 1. The number of rotatable bonds is 8. The van der Waals surface area contributed by atoms with Crippen molar-refractivity contribution in [1.82, 2.24) is 5.32 Å². The summed E-state index contributed by atoms with van der Waals surface area (Å²) >= 11 is 0. The third kappa shape index (κ3) is 6.13. The summed E-state index contributed by atoms with van der Waals surface area (Å²) in [5, 5.41) is 3.35. The van der Waals surface area contributed by atoms with Crippen molar-refractivity contribution in [2.45, 2.75) is 19.1 Å². The average molecular weight is 385 g/mol. The number of alkyl halides is 3. The Bertz CT molecular complexity index is 878. The molecule has 3 aromatic carbocycles. The zero-order valence-corrected chi connectivity index (χ0v) is 15.4. The highest BCUT2D eigenvalue weighted by atomic mass is 19.4. The lowest BCUT2D eigenvalue weighted by Crippen LogP contribution is -2.19. The van der Waals surface area contributed by atoms with Gasteiger partial charge >= 0.3 is 6.18 Å². The maximum atomic E-state index is 12.3. The van der Waals surface area contributed by atoms with E-state index in [0.717, 1.165) is 18.5 Å². The molecule has 0 heterocycles. The van der Waals surface area contributed by atoms with Crippen molar-refractivity contribution < 1.29 is 17.9 Å². The Morgan fingerprint density at radius 3 is 2.36 bits per heavy atom. The molecule has 28 heavy (non-hydrogen) atoms. The van der Waals surface area contributed by atoms with Crippen molar-refractivity contribution in [3.8, 4) is 16.9 Å². The molecular weight excluding hydrogens is 363 g/mol. The van der Waals surface area contributed by atoms with Crippen LogP contribution in [-0.2, 0) is 13.0 Å². The van der Waals surface area contributed by atoms with E-state index in [1.54, 1.807) is 12.1 Å². The van der Waals surface area contributed by atoms with Crippen molar-refractivity contribution in [3.63, 3.8) is 0 Å². The average Bonchev–Trinajstić information content (AvgIpc) is 2.70. The Morgan fingerprint density at radius 1 is 0.821 bits per heavy atom. The first-order valence-corrected chi connectivity index (χ1v) is 9.14. The predicted molar refractivity (Wildman–Crippen MR) is 105 cm³/mol. The van der Waals surface area contributed by atoms with Gasteiger partial charge in [-0.15, -0.1) is 0 Å². The van der Waals surface area contributed by atoms with E-state index in [4.69, 9.17) is 4.74 Å². The lowest BCUT2D eigenvalue weighted by Gasteiger charge is -2.12. The molecule has 0 saturated carbocycles. The summed E-state index contributed by atoms with van der Waals surface area (Å²) in [7, 11) is 0. The molecule has 3 rings (SSSR count). The summed E-state index contributed by atoms with van der Waals surface area (Å²) in [6.07, 6.45) is -3.48. The summed E-state index contributed by atoms with van der Waals surface area (Å²) in [6.45, 7) is 0.0500. The molecule has 0 aromatic heterocycles. The maximum Gasteiger partial charge on any atom is 0.422 e. The van der Waals surface area contributed by atoms with Crippen molar-refractivity contribution in [2.75, 3.05) is 13.2 Å². The molecule has 0 atom stereocenters. The quantitative estimate of drug-likeness (QED) is 0.508. The van der Waals surface area contributed by atoms with Gasteiger partial charge in [-0.25, -0.2) is 0 Å². The Balaban J connectivity index is 1.53. The SMILES string of the molecule is FC(F)(F)COc1cccc(CNCCc2ccccc2-c2ccccc2)c1. The van der Waals surface area contributed by atoms with Crippen LogP contribution in [0.1, 0.15) is 11.1 Å². The highest BCUT2D eigenvalue weighted by Crippen LogP contribution is 2.23. The molecule has 0 saturated heterocycles. The van der Waals surface area contributed by atoms with Crippen LogP contribution in [0.3, 0.4) is 0 Å². The first kappa shape index (κ1) is 20.0. The van der Waals surface area contributed by atoms with Gasteiger partial charge in [0.15, 0.2) is 6.61 Å². The Labute approximate surface area is 163 Å². The molecule has 0 aliphatic carbocycles. The van der Waals surface area contributed by atoms with Gasteiger partial charge in [0.2, 0.25) is 0 Å². The van der Waals surface area contributed by atoms with Crippen LogP contribution in [0.5, 0.6) is 5.75 Å². The molecule has 0 aliphatic heterocycles. The van der Waals surface area contributed by atoms with E-state index in [2.05, 4.69) is 29.6 Å². The molecule has 3 aromatic rings. The largest absolute Gasteiger partial charge is 0.484 e. The number of ether oxygens (including phenoxy) is 1. The van der Waals surface area contributed by atoms with Gasteiger partial charge in [0.25, 0.3) is 0 Å². The van der Waals surface area contributed by atoms with E-state index < -0.39 is 12.8 Å². The van der Waals surface area contributed by atoms with Crippen LogP contribution in [0.25, 0.3) is 11.1 Å². The Kier molecular flexibility index (Phi) is 6.71. The summed E-state index contributed by atoms with van der Waals surface area (Å²) in [5.41, 5.74) is 4.54. The minimum atomic E-state index is -4.33. The maximum absolute atomic E-state index is 12.3. The topological polar surface area (TPSA) is 21.3 Å². The number of hydrogen-bond acceptors (Lipinski definition) is 2. The third-order valence-corrected chi connectivity index (χ3v) is 4.30. The van der Waals surface area contributed by atoms with Crippen LogP contribution in [0.15, 0.2) is 78.9 Å². The predicted octanol–water partition coefficient (Wildman–Crippen LogP) is 5.63. The van der Waals surface area contributed by atoms with Gasteiger partial charge in [-0.3, -0.25) is 0 Å². The van der Waals surface area contributed by atoms with Gasteiger partial charge in [-0.1, -0.05) is 66.7 Å². The molecule has 1 N–H and O–H groups in total. The van der Waals surface area contributed by atoms with Gasteiger partial charge in [0.1, 0.15) is 5.75 Å². The van der Waals surface area contributed by atoms with Crippen LogP contribution < -0.4 is 10.1 Å². The molecule has 0 spiro atoms. The molecule has 0 aliphatic rings. The van der Waals surface area contributed by atoms with E-state index in [0.29, 0.717) is 6.54 Å². The van der Waals surface area contributed by atoms with Gasteiger partial charge in [-0.05, 0) is 47.4 Å². The Morgan fingerprint density at radius 2 is 1.57 bits per heavy atom. The molecule has 5 heteroatoms. The van der Waals surface area contributed by atoms with Crippen LogP contribution in [0.4, 0.5) is 13.2 Å². The fourth-order valence-corrected chi connectivity index (χ4v) is 3.00. The van der Waals surface area contributed by atoms with Gasteiger partial charge in [-0.2, -0.15) is 13.2 Å². The minimum absolute atomic E-state index is 0.228. The summed E-state index contributed by atoms with van der Waals surface area (Å²) in [6, 6.07) is 25.3. The van der Waals surface area contributed by atoms with E-state index >= 15 is 0 Å². The minimum Gasteiger partial charge on any atom is -0.484 e. The van der Waals surface area contributed by atoms with Crippen LogP contribution >= 0.6 is 0 Å². The van der Waals surface area contributed by atoms with E-state index in [1.165, 1.54) is 22.8 Å². The van der Waals surface area contributed by atoms with Crippen molar-refractivity contribution in [2.24, 2.45) is 0 Å². The summed E-state index contributed by atoms with van der Waals surface area (Å²) < 4.78 is 41.6. The van der Waals surface area contributed by atoms with Crippen LogP contribution in [-0.4, -0.2) is 19.3 Å². The van der Waals surface area contributed by atoms with E-state index in [-0.39, 0.29) is 5.75 Å². The van der Waals surface area contributed by atoms with Gasteiger partial charge in [0.05, 0.1) is 0 Å². The highest BCUT2D eigenvalue weighted by Gasteiger charge is 2.28. The molecular formula is C23H22F3NO. The first-order valence-electron chi connectivity index (χ1n) is 9.14. The van der Waals surface area contributed by atoms with Gasteiger partial charge in [0, 0.05) is 6.54 Å². The number of halogens is 3. The number of benzene rings is 3. The molecule has 0 unspecified atom stereocenters. The smallest absolute Gasteiger partial charge is 0.422 e. The van der Waals surface area contributed by atoms with Gasteiger partial charge < -0.3 is 10.1 Å². The monoisotopic (exact) mass is 385 g/mol. The second-order valence-corrected chi connectivity index (χ2v) is 6.50. The fourth-order valence-electron chi connectivity index (χ4n) is 3.00. The molecule has 0 amide bonds.